The van der Waals surface area contributed by atoms with Gasteiger partial charge in [-0.2, -0.15) is 0 Å². The van der Waals surface area contributed by atoms with Crippen molar-refractivity contribution >= 4 is 0 Å². The highest BCUT2D eigenvalue weighted by Gasteiger charge is 2.34. The van der Waals surface area contributed by atoms with Crippen molar-refractivity contribution in [3.63, 3.8) is 0 Å². The number of rotatable bonds is 1. The molecule has 0 bridgehead atoms. The second kappa shape index (κ2) is 2.91. The standard InChI is InChI=1S/C9H18O/c1-5-9-7(3)6(2)8(4)10-9/h6-9H,5H2,1-4H3/t6?,7-,8?,9-/m1/s1. The van der Waals surface area contributed by atoms with E-state index in [1.165, 1.54) is 0 Å². The Morgan fingerprint density at radius 3 is 1.90 bits per heavy atom. The van der Waals surface area contributed by atoms with Gasteiger partial charge in [0.05, 0.1) is 12.2 Å². The van der Waals surface area contributed by atoms with Crippen LogP contribution in [0.2, 0.25) is 0 Å². The lowest BCUT2D eigenvalue weighted by atomic mass is 9.90. The van der Waals surface area contributed by atoms with Crippen LogP contribution in [-0.2, 0) is 4.74 Å². The Kier molecular flexibility index (Phi) is 2.35. The smallest absolute Gasteiger partial charge is 0.0605 e. The van der Waals surface area contributed by atoms with E-state index in [4.69, 9.17) is 4.74 Å². The third-order valence-electron chi connectivity index (χ3n) is 2.95. The lowest BCUT2D eigenvalue weighted by molar-refractivity contribution is 0.0393. The molecule has 0 aromatic rings. The molecule has 0 radical (unpaired) electrons. The zero-order valence-electron chi connectivity index (χ0n) is 7.42. The molecule has 1 aliphatic rings. The van der Waals surface area contributed by atoms with Crippen molar-refractivity contribution in [2.45, 2.75) is 46.3 Å². The molecule has 0 aromatic heterocycles. The van der Waals surface area contributed by atoms with Crippen LogP contribution in [0.1, 0.15) is 34.1 Å². The van der Waals surface area contributed by atoms with Gasteiger partial charge in [-0.3, -0.25) is 0 Å². The predicted octanol–water partition coefficient (Wildman–Crippen LogP) is 2.46. The van der Waals surface area contributed by atoms with Crippen molar-refractivity contribution in [1.29, 1.82) is 0 Å². The second-order valence-corrected chi connectivity index (χ2v) is 3.51. The monoisotopic (exact) mass is 142 g/mol. The molecule has 2 unspecified atom stereocenters. The zero-order valence-corrected chi connectivity index (χ0v) is 7.42. The zero-order chi connectivity index (χ0) is 7.72. The van der Waals surface area contributed by atoms with E-state index in [1.807, 2.05) is 0 Å². The molecule has 0 N–H and O–H groups in total. The van der Waals surface area contributed by atoms with E-state index in [-0.39, 0.29) is 0 Å². The molecule has 1 heterocycles. The summed E-state index contributed by atoms with van der Waals surface area (Å²) < 4.78 is 5.73. The largest absolute Gasteiger partial charge is 0.375 e. The number of hydrogen-bond donors (Lipinski definition) is 0. The summed E-state index contributed by atoms with van der Waals surface area (Å²) in [4.78, 5) is 0. The van der Waals surface area contributed by atoms with E-state index < -0.39 is 0 Å². The molecular formula is C9H18O. The lowest BCUT2D eigenvalue weighted by Gasteiger charge is -2.12. The molecule has 0 saturated carbocycles. The van der Waals surface area contributed by atoms with Crippen LogP contribution in [0.5, 0.6) is 0 Å². The number of hydrogen-bond acceptors (Lipinski definition) is 1. The molecule has 0 aromatic carbocycles. The molecule has 1 rings (SSSR count). The van der Waals surface area contributed by atoms with Gasteiger partial charge in [0.25, 0.3) is 0 Å². The summed E-state index contributed by atoms with van der Waals surface area (Å²) in [6, 6.07) is 0. The first-order valence-electron chi connectivity index (χ1n) is 4.32. The van der Waals surface area contributed by atoms with Gasteiger partial charge in [-0.05, 0) is 25.2 Å². The average Bonchev–Trinajstić information content (AvgIpc) is 2.17. The van der Waals surface area contributed by atoms with Crippen LogP contribution in [0.3, 0.4) is 0 Å². The highest BCUT2D eigenvalue weighted by atomic mass is 16.5. The molecule has 1 heteroatoms. The van der Waals surface area contributed by atoms with Crippen molar-refractivity contribution in [3.05, 3.63) is 0 Å². The molecule has 0 amide bonds. The first kappa shape index (κ1) is 8.06. The quantitative estimate of drug-likeness (QED) is 0.546. The van der Waals surface area contributed by atoms with Crippen LogP contribution in [0.15, 0.2) is 0 Å². The van der Waals surface area contributed by atoms with Crippen molar-refractivity contribution in [2.75, 3.05) is 0 Å². The van der Waals surface area contributed by atoms with Gasteiger partial charge in [-0.1, -0.05) is 20.8 Å². The van der Waals surface area contributed by atoms with Crippen LogP contribution in [-0.4, -0.2) is 12.2 Å². The van der Waals surface area contributed by atoms with E-state index in [1.54, 1.807) is 0 Å². The van der Waals surface area contributed by atoms with Crippen LogP contribution in [0.4, 0.5) is 0 Å². The Hall–Kier alpha value is -0.0400. The summed E-state index contributed by atoms with van der Waals surface area (Å²) in [6.07, 6.45) is 2.15. The van der Waals surface area contributed by atoms with Crippen molar-refractivity contribution < 1.29 is 4.74 Å². The van der Waals surface area contributed by atoms with E-state index in [0.29, 0.717) is 12.2 Å². The Morgan fingerprint density at radius 1 is 1.10 bits per heavy atom. The fourth-order valence-corrected chi connectivity index (χ4v) is 1.76. The molecule has 1 fully saturated rings. The van der Waals surface area contributed by atoms with Gasteiger partial charge in [0.2, 0.25) is 0 Å². The molecule has 0 aliphatic carbocycles. The second-order valence-electron chi connectivity index (χ2n) is 3.51. The Bertz CT molecular complexity index is 111. The minimum absolute atomic E-state index is 0.472. The summed E-state index contributed by atoms with van der Waals surface area (Å²) in [5.41, 5.74) is 0. The van der Waals surface area contributed by atoms with E-state index >= 15 is 0 Å². The first-order chi connectivity index (χ1) is 4.66. The summed E-state index contributed by atoms with van der Waals surface area (Å²) in [5, 5.41) is 0. The Morgan fingerprint density at radius 2 is 1.70 bits per heavy atom. The van der Waals surface area contributed by atoms with Gasteiger partial charge in [-0.15, -0.1) is 0 Å². The fourth-order valence-electron chi connectivity index (χ4n) is 1.76. The molecule has 60 valence electrons. The van der Waals surface area contributed by atoms with E-state index in [9.17, 15) is 0 Å². The Labute approximate surface area is 63.8 Å². The van der Waals surface area contributed by atoms with E-state index in [0.717, 1.165) is 18.3 Å². The first-order valence-corrected chi connectivity index (χ1v) is 4.32. The van der Waals surface area contributed by atoms with Gasteiger partial charge < -0.3 is 4.74 Å². The third-order valence-corrected chi connectivity index (χ3v) is 2.95. The van der Waals surface area contributed by atoms with Gasteiger partial charge in [0.1, 0.15) is 0 Å². The predicted molar refractivity (Wildman–Crippen MR) is 43.0 cm³/mol. The van der Waals surface area contributed by atoms with Crippen LogP contribution in [0.25, 0.3) is 0 Å². The summed E-state index contributed by atoms with van der Waals surface area (Å²) in [7, 11) is 0. The maximum absolute atomic E-state index is 5.73. The molecule has 1 saturated heterocycles. The maximum Gasteiger partial charge on any atom is 0.0605 e. The maximum atomic E-state index is 5.73. The van der Waals surface area contributed by atoms with Gasteiger partial charge in [0.15, 0.2) is 0 Å². The summed E-state index contributed by atoms with van der Waals surface area (Å²) in [6.45, 7) is 8.95. The normalized spacial score (nSPS) is 48.0. The number of ether oxygens (including phenoxy) is 1. The summed E-state index contributed by atoms with van der Waals surface area (Å²) >= 11 is 0. The minimum atomic E-state index is 0.472. The minimum Gasteiger partial charge on any atom is -0.375 e. The van der Waals surface area contributed by atoms with Gasteiger partial charge in [0, 0.05) is 0 Å². The van der Waals surface area contributed by atoms with Crippen molar-refractivity contribution in [3.8, 4) is 0 Å². The summed E-state index contributed by atoms with van der Waals surface area (Å²) in [5.74, 6) is 1.49. The van der Waals surface area contributed by atoms with Crippen LogP contribution in [0, 0.1) is 11.8 Å². The molecule has 1 aliphatic heterocycles. The fraction of sp³-hybridized carbons (Fsp3) is 1.00. The van der Waals surface area contributed by atoms with Crippen LogP contribution >= 0.6 is 0 Å². The van der Waals surface area contributed by atoms with Gasteiger partial charge >= 0.3 is 0 Å². The molecule has 1 nitrogen and oxygen atoms in total. The topological polar surface area (TPSA) is 9.23 Å². The molecular weight excluding hydrogens is 124 g/mol. The molecule has 0 spiro atoms. The van der Waals surface area contributed by atoms with Gasteiger partial charge in [-0.25, -0.2) is 0 Å². The third kappa shape index (κ3) is 1.20. The Balaban J connectivity index is 2.53. The lowest BCUT2D eigenvalue weighted by Crippen LogP contribution is -2.14. The highest BCUT2D eigenvalue weighted by Crippen LogP contribution is 2.32. The molecule has 10 heavy (non-hydrogen) atoms. The van der Waals surface area contributed by atoms with Crippen molar-refractivity contribution in [1.82, 2.24) is 0 Å². The highest BCUT2D eigenvalue weighted by molar-refractivity contribution is 4.82. The molecule has 4 atom stereocenters. The average molecular weight is 142 g/mol. The van der Waals surface area contributed by atoms with Crippen molar-refractivity contribution in [2.24, 2.45) is 11.8 Å². The van der Waals surface area contributed by atoms with Crippen LogP contribution < -0.4 is 0 Å². The van der Waals surface area contributed by atoms with E-state index in [2.05, 4.69) is 27.7 Å². The SMILES string of the molecule is CC[C@H]1OC(C)C(C)[C@H]1C.